The van der Waals surface area contributed by atoms with Gasteiger partial charge in [-0.3, -0.25) is 4.98 Å². The van der Waals surface area contributed by atoms with E-state index in [-0.39, 0.29) is 0 Å². The largest absolute Gasteiger partial charge is 0.385 e. The predicted octanol–water partition coefficient (Wildman–Crippen LogP) is 2.62. The van der Waals surface area contributed by atoms with Gasteiger partial charge in [-0.2, -0.15) is 0 Å². The lowest BCUT2D eigenvalue weighted by Gasteiger charge is -2.06. The first-order valence-corrected chi connectivity index (χ1v) is 6.39. The van der Waals surface area contributed by atoms with Gasteiger partial charge in [0.15, 0.2) is 0 Å². The average Bonchev–Trinajstić information content (AvgIpc) is 2.78. The third-order valence-corrected chi connectivity index (χ3v) is 3.23. The summed E-state index contributed by atoms with van der Waals surface area (Å²) >= 11 is 0. The number of para-hydroxylation sites is 1. The van der Waals surface area contributed by atoms with Crippen LogP contribution in [0.15, 0.2) is 48.8 Å². The fourth-order valence-electron chi connectivity index (χ4n) is 2.18. The lowest BCUT2D eigenvalue weighted by Crippen LogP contribution is -2.08. The lowest BCUT2D eigenvalue weighted by atomic mass is 10.3. The second-order valence-electron chi connectivity index (χ2n) is 4.49. The molecule has 1 N–H and O–H groups in total. The van der Waals surface area contributed by atoms with Gasteiger partial charge in [-0.25, -0.2) is 4.98 Å². The molecule has 0 saturated carbocycles. The maximum atomic E-state index is 4.63. The second kappa shape index (κ2) is 5.10. The van der Waals surface area contributed by atoms with E-state index in [1.165, 1.54) is 0 Å². The van der Waals surface area contributed by atoms with Crippen molar-refractivity contribution in [2.45, 2.75) is 6.42 Å². The van der Waals surface area contributed by atoms with E-state index >= 15 is 0 Å². The molecule has 19 heavy (non-hydrogen) atoms. The number of fused-ring (bicyclic) bond motifs is 1. The monoisotopic (exact) mass is 252 g/mol. The normalized spacial score (nSPS) is 10.8. The Morgan fingerprint density at radius 3 is 2.79 bits per heavy atom. The molecule has 96 valence electrons. The number of nitrogens with one attached hydrogen (secondary N) is 1. The Morgan fingerprint density at radius 2 is 2.00 bits per heavy atom. The number of anilines is 1. The van der Waals surface area contributed by atoms with Crippen molar-refractivity contribution in [1.82, 2.24) is 14.5 Å². The summed E-state index contributed by atoms with van der Waals surface area (Å²) in [6, 6.07) is 12.2. The Morgan fingerprint density at radius 1 is 1.16 bits per heavy atom. The summed E-state index contributed by atoms with van der Waals surface area (Å²) in [5.41, 5.74) is 3.23. The van der Waals surface area contributed by atoms with E-state index in [4.69, 9.17) is 0 Å². The molecule has 0 unspecified atom stereocenters. The van der Waals surface area contributed by atoms with Crippen LogP contribution in [0.4, 0.5) is 5.69 Å². The molecule has 0 atom stereocenters. The van der Waals surface area contributed by atoms with Crippen LogP contribution in [-0.4, -0.2) is 21.1 Å². The molecule has 0 aliphatic heterocycles. The topological polar surface area (TPSA) is 42.7 Å². The molecule has 3 rings (SSSR count). The molecule has 0 aliphatic rings. The number of aromatic nitrogens is 3. The lowest BCUT2D eigenvalue weighted by molar-refractivity contribution is 0.807. The zero-order valence-corrected chi connectivity index (χ0v) is 10.9. The minimum absolute atomic E-state index is 0.870. The first-order valence-electron chi connectivity index (χ1n) is 6.39. The van der Waals surface area contributed by atoms with Crippen molar-refractivity contribution in [1.29, 1.82) is 0 Å². The van der Waals surface area contributed by atoms with Gasteiger partial charge in [0.05, 0.1) is 17.2 Å². The van der Waals surface area contributed by atoms with Crippen LogP contribution in [0.5, 0.6) is 0 Å². The SMILES string of the molecule is Cn1c(CCNc2ccccc2)nc2ccncc21. The molecule has 0 aliphatic carbocycles. The second-order valence-corrected chi connectivity index (χ2v) is 4.49. The zero-order valence-electron chi connectivity index (χ0n) is 10.9. The summed E-state index contributed by atoms with van der Waals surface area (Å²) in [6.07, 6.45) is 4.53. The minimum atomic E-state index is 0.870. The standard InChI is InChI=1S/C15H16N4/c1-19-14-11-16-9-7-13(14)18-15(19)8-10-17-12-5-3-2-4-6-12/h2-7,9,11,17H,8,10H2,1H3. The first kappa shape index (κ1) is 11.7. The number of nitrogens with zero attached hydrogens (tertiary/aromatic N) is 3. The molecule has 0 radical (unpaired) electrons. The van der Waals surface area contributed by atoms with Gasteiger partial charge < -0.3 is 9.88 Å². The van der Waals surface area contributed by atoms with Crippen molar-refractivity contribution in [3.63, 3.8) is 0 Å². The van der Waals surface area contributed by atoms with Crippen molar-refractivity contribution in [3.05, 3.63) is 54.6 Å². The number of rotatable bonds is 4. The number of hydrogen-bond acceptors (Lipinski definition) is 3. The van der Waals surface area contributed by atoms with Crippen LogP contribution >= 0.6 is 0 Å². The molecule has 0 saturated heterocycles. The van der Waals surface area contributed by atoms with E-state index in [9.17, 15) is 0 Å². The van der Waals surface area contributed by atoms with Gasteiger partial charge in [-0.1, -0.05) is 18.2 Å². The molecular formula is C15H16N4. The Hall–Kier alpha value is -2.36. The summed E-state index contributed by atoms with van der Waals surface area (Å²) in [6.45, 7) is 0.870. The summed E-state index contributed by atoms with van der Waals surface area (Å²) in [7, 11) is 2.04. The molecule has 1 aromatic carbocycles. The van der Waals surface area contributed by atoms with Gasteiger partial charge in [-0.15, -0.1) is 0 Å². The molecule has 0 spiro atoms. The molecule has 2 aromatic heterocycles. The first-order chi connectivity index (χ1) is 9.34. The Balaban J connectivity index is 1.70. The van der Waals surface area contributed by atoms with Crippen LogP contribution in [0, 0.1) is 0 Å². The van der Waals surface area contributed by atoms with Crippen LogP contribution in [0.25, 0.3) is 11.0 Å². The van der Waals surface area contributed by atoms with Gasteiger partial charge in [-0.05, 0) is 18.2 Å². The van der Waals surface area contributed by atoms with Gasteiger partial charge in [0, 0.05) is 31.9 Å². The summed E-state index contributed by atoms with van der Waals surface area (Å²) in [5.74, 6) is 1.08. The maximum Gasteiger partial charge on any atom is 0.111 e. The van der Waals surface area contributed by atoms with Gasteiger partial charge in [0.1, 0.15) is 5.82 Å². The molecule has 0 amide bonds. The van der Waals surface area contributed by atoms with Crippen molar-refractivity contribution in [2.75, 3.05) is 11.9 Å². The number of pyridine rings is 1. The Kier molecular flexibility index (Phi) is 3.14. The van der Waals surface area contributed by atoms with Crippen molar-refractivity contribution < 1.29 is 0 Å². The molecule has 2 heterocycles. The van der Waals surface area contributed by atoms with E-state index in [1.807, 2.05) is 37.5 Å². The quantitative estimate of drug-likeness (QED) is 0.776. The van der Waals surface area contributed by atoms with E-state index < -0.39 is 0 Å². The number of benzene rings is 1. The van der Waals surface area contributed by atoms with E-state index in [2.05, 4.69) is 32.0 Å². The Bertz CT molecular complexity index is 673. The van der Waals surface area contributed by atoms with Crippen LogP contribution in [0.2, 0.25) is 0 Å². The van der Waals surface area contributed by atoms with Crippen LogP contribution < -0.4 is 5.32 Å². The van der Waals surface area contributed by atoms with Gasteiger partial charge in [0.25, 0.3) is 0 Å². The van der Waals surface area contributed by atoms with E-state index in [0.717, 1.165) is 35.5 Å². The average molecular weight is 252 g/mol. The molecule has 0 bridgehead atoms. The summed E-state index contributed by atoms with van der Waals surface area (Å²) in [5, 5.41) is 3.40. The predicted molar refractivity (Wildman–Crippen MR) is 77.1 cm³/mol. The molecular weight excluding hydrogens is 236 g/mol. The van der Waals surface area contributed by atoms with Crippen molar-refractivity contribution >= 4 is 16.7 Å². The van der Waals surface area contributed by atoms with Crippen LogP contribution in [0.3, 0.4) is 0 Å². The van der Waals surface area contributed by atoms with Crippen LogP contribution in [0.1, 0.15) is 5.82 Å². The fourth-order valence-corrected chi connectivity index (χ4v) is 2.18. The highest BCUT2D eigenvalue weighted by atomic mass is 15.1. The third-order valence-electron chi connectivity index (χ3n) is 3.23. The third kappa shape index (κ3) is 2.42. The van der Waals surface area contributed by atoms with E-state index in [1.54, 1.807) is 6.20 Å². The molecule has 0 fully saturated rings. The smallest absolute Gasteiger partial charge is 0.111 e. The van der Waals surface area contributed by atoms with Crippen molar-refractivity contribution in [2.24, 2.45) is 7.05 Å². The van der Waals surface area contributed by atoms with Gasteiger partial charge >= 0.3 is 0 Å². The summed E-state index contributed by atoms with van der Waals surface area (Å²) < 4.78 is 2.11. The number of hydrogen-bond donors (Lipinski definition) is 1. The number of aryl methyl sites for hydroxylation is 1. The highest BCUT2D eigenvalue weighted by Crippen LogP contribution is 2.13. The molecule has 4 nitrogen and oxygen atoms in total. The molecule has 3 aromatic rings. The van der Waals surface area contributed by atoms with Crippen LogP contribution in [-0.2, 0) is 13.5 Å². The molecule has 4 heteroatoms. The van der Waals surface area contributed by atoms with E-state index in [0.29, 0.717) is 0 Å². The highest BCUT2D eigenvalue weighted by molar-refractivity contribution is 5.74. The number of imidazole rings is 1. The Labute approximate surface area is 112 Å². The minimum Gasteiger partial charge on any atom is -0.385 e. The van der Waals surface area contributed by atoms with Gasteiger partial charge in [0.2, 0.25) is 0 Å². The highest BCUT2D eigenvalue weighted by Gasteiger charge is 2.06. The fraction of sp³-hybridized carbons (Fsp3) is 0.200. The zero-order chi connectivity index (χ0) is 13.1. The maximum absolute atomic E-state index is 4.63. The summed E-state index contributed by atoms with van der Waals surface area (Å²) in [4.78, 5) is 8.76. The van der Waals surface area contributed by atoms with Crippen molar-refractivity contribution in [3.8, 4) is 0 Å².